The highest BCUT2D eigenvalue weighted by Gasteiger charge is 2.15. The van der Waals surface area contributed by atoms with Crippen LogP contribution >= 0.6 is 0 Å². The summed E-state index contributed by atoms with van der Waals surface area (Å²) in [4.78, 5) is 0. The van der Waals surface area contributed by atoms with Gasteiger partial charge in [-0.15, -0.1) is 0 Å². The maximum absolute atomic E-state index is 13.5. The predicted molar refractivity (Wildman–Crippen MR) is 63.4 cm³/mol. The van der Waals surface area contributed by atoms with Gasteiger partial charge in [0.2, 0.25) is 0 Å². The summed E-state index contributed by atoms with van der Waals surface area (Å²) in [7, 11) is 1.83. The van der Waals surface area contributed by atoms with Gasteiger partial charge in [-0.3, -0.25) is 16.0 Å². The van der Waals surface area contributed by atoms with Crippen molar-refractivity contribution >= 4 is 0 Å². The molecule has 0 aliphatic rings. The number of nitrogens with two attached hydrogens (primary N) is 1. The fraction of sp³-hybridized carbons (Fsp3) is 0.250. The Morgan fingerprint density at radius 3 is 2.76 bits per heavy atom. The number of hydrogen-bond donors (Lipinski definition) is 2. The summed E-state index contributed by atoms with van der Waals surface area (Å²) >= 11 is 0. The van der Waals surface area contributed by atoms with E-state index in [-0.39, 0.29) is 11.9 Å². The summed E-state index contributed by atoms with van der Waals surface area (Å²) in [5.41, 5.74) is 4.26. The van der Waals surface area contributed by atoms with Crippen LogP contribution < -0.4 is 11.3 Å². The average molecular weight is 234 g/mol. The molecule has 0 radical (unpaired) electrons. The van der Waals surface area contributed by atoms with E-state index in [1.165, 1.54) is 6.07 Å². The number of halogens is 1. The molecule has 1 atom stereocenters. The number of aromatic nitrogens is 2. The van der Waals surface area contributed by atoms with Gasteiger partial charge in [-0.25, -0.2) is 4.39 Å². The lowest BCUT2D eigenvalue weighted by Gasteiger charge is -2.16. The minimum Gasteiger partial charge on any atom is -0.271 e. The largest absolute Gasteiger partial charge is 0.271 e. The third-order valence-electron chi connectivity index (χ3n) is 2.80. The highest BCUT2D eigenvalue weighted by molar-refractivity contribution is 5.20. The zero-order chi connectivity index (χ0) is 12.3. The molecular weight excluding hydrogens is 219 g/mol. The van der Waals surface area contributed by atoms with E-state index >= 15 is 0 Å². The topological polar surface area (TPSA) is 55.9 Å². The molecule has 5 heteroatoms. The van der Waals surface area contributed by atoms with Crippen LogP contribution in [0.2, 0.25) is 0 Å². The summed E-state index contributed by atoms with van der Waals surface area (Å²) < 4.78 is 15.3. The Morgan fingerprint density at radius 2 is 2.18 bits per heavy atom. The molecule has 0 saturated carbocycles. The normalized spacial score (nSPS) is 12.6. The van der Waals surface area contributed by atoms with Crippen LogP contribution in [0.1, 0.15) is 17.3 Å². The molecule has 17 heavy (non-hydrogen) atoms. The molecule has 1 heterocycles. The Bertz CT molecular complexity index is 495. The smallest absolute Gasteiger partial charge is 0.126 e. The second-order valence-electron chi connectivity index (χ2n) is 3.89. The van der Waals surface area contributed by atoms with E-state index in [1.807, 2.05) is 19.2 Å². The van der Waals surface area contributed by atoms with Crippen LogP contribution in [0.4, 0.5) is 4.39 Å². The molecule has 0 fully saturated rings. The molecule has 1 aromatic carbocycles. The zero-order valence-corrected chi connectivity index (χ0v) is 9.60. The molecule has 0 spiro atoms. The van der Waals surface area contributed by atoms with Crippen molar-refractivity contribution < 1.29 is 4.39 Å². The molecule has 0 amide bonds. The molecule has 2 rings (SSSR count). The number of rotatable bonds is 4. The van der Waals surface area contributed by atoms with Crippen molar-refractivity contribution in [3.05, 3.63) is 53.6 Å². The van der Waals surface area contributed by atoms with Gasteiger partial charge in [0.15, 0.2) is 0 Å². The summed E-state index contributed by atoms with van der Waals surface area (Å²) in [6, 6.07) is 8.41. The first kappa shape index (κ1) is 11.8. The highest BCUT2D eigenvalue weighted by atomic mass is 19.1. The lowest BCUT2D eigenvalue weighted by Crippen LogP contribution is -2.31. The van der Waals surface area contributed by atoms with E-state index in [9.17, 15) is 4.39 Å². The second kappa shape index (κ2) is 5.07. The average Bonchev–Trinajstić information content (AvgIpc) is 2.75. The van der Waals surface area contributed by atoms with Crippen LogP contribution in [0.3, 0.4) is 0 Å². The summed E-state index contributed by atoms with van der Waals surface area (Å²) in [6.07, 6.45) is 2.18. The summed E-state index contributed by atoms with van der Waals surface area (Å²) in [5, 5.41) is 4.08. The second-order valence-corrected chi connectivity index (χ2v) is 3.89. The molecule has 0 saturated heterocycles. The lowest BCUT2D eigenvalue weighted by molar-refractivity contribution is 0.495. The molecule has 90 valence electrons. The first-order chi connectivity index (χ1) is 8.22. The molecule has 2 aromatic rings. The van der Waals surface area contributed by atoms with Crippen molar-refractivity contribution in [2.45, 2.75) is 12.5 Å². The van der Waals surface area contributed by atoms with Crippen molar-refractivity contribution in [2.24, 2.45) is 12.9 Å². The zero-order valence-electron chi connectivity index (χ0n) is 9.60. The van der Waals surface area contributed by atoms with Crippen LogP contribution in [-0.4, -0.2) is 9.78 Å². The van der Waals surface area contributed by atoms with E-state index in [0.29, 0.717) is 12.0 Å². The van der Waals surface area contributed by atoms with Crippen LogP contribution in [-0.2, 0) is 13.5 Å². The van der Waals surface area contributed by atoms with E-state index in [1.54, 1.807) is 23.0 Å². The van der Waals surface area contributed by atoms with Gasteiger partial charge < -0.3 is 0 Å². The summed E-state index contributed by atoms with van der Waals surface area (Å²) in [6.45, 7) is 0. The monoisotopic (exact) mass is 234 g/mol. The quantitative estimate of drug-likeness (QED) is 0.619. The fourth-order valence-corrected chi connectivity index (χ4v) is 1.86. The van der Waals surface area contributed by atoms with Gasteiger partial charge in [0.25, 0.3) is 0 Å². The van der Waals surface area contributed by atoms with E-state index in [0.717, 1.165) is 5.69 Å². The van der Waals surface area contributed by atoms with Crippen molar-refractivity contribution in [1.29, 1.82) is 0 Å². The number of nitrogens with one attached hydrogen (secondary N) is 1. The molecule has 1 unspecified atom stereocenters. The first-order valence-corrected chi connectivity index (χ1v) is 5.40. The van der Waals surface area contributed by atoms with Gasteiger partial charge in [0.05, 0.1) is 11.7 Å². The van der Waals surface area contributed by atoms with Gasteiger partial charge in [-0.05, 0) is 24.1 Å². The molecular formula is C12H15FN4. The summed E-state index contributed by atoms with van der Waals surface area (Å²) in [5.74, 6) is 5.30. The lowest BCUT2D eigenvalue weighted by atomic mass is 10.0. The number of hydrazine groups is 1. The van der Waals surface area contributed by atoms with Gasteiger partial charge >= 0.3 is 0 Å². The minimum absolute atomic E-state index is 0.153. The van der Waals surface area contributed by atoms with Crippen molar-refractivity contribution in [3.63, 3.8) is 0 Å². The van der Waals surface area contributed by atoms with E-state index in [2.05, 4.69) is 10.5 Å². The molecule has 0 bridgehead atoms. The number of hydrogen-bond acceptors (Lipinski definition) is 3. The molecule has 0 aliphatic heterocycles. The third-order valence-corrected chi connectivity index (χ3v) is 2.80. The number of nitrogens with zero attached hydrogens (tertiary/aromatic N) is 2. The number of aryl methyl sites for hydroxylation is 1. The number of benzene rings is 1. The van der Waals surface area contributed by atoms with E-state index < -0.39 is 0 Å². The fourth-order valence-electron chi connectivity index (χ4n) is 1.86. The van der Waals surface area contributed by atoms with E-state index in [4.69, 9.17) is 5.84 Å². The van der Waals surface area contributed by atoms with Crippen LogP contribution in [0.15, 0.2) is 36.5 Å². The van der Waals surface area contributed by atoms with Crippen molar-refractivity contribution in [2.75, 3.05) is 0 Å². The van der Waals surface area contributed by atoms with Crippen LogP contribution in [0.5, 0.6) is 0 Å². The Kier molecular flexibility index (Phi) is 3.51. The third kappa shape index (κ3) is 2.51. The van der Waals surface area contributed by atoms with Gasteiger partial charge in [-0.2, -0.15) is 5.10 Å². The Balaban J connectivity index is 2.22. The minimum atomic E-state index is -0.213. The highest BCUT2D eigenvalue weighted by Crippen LogP contribution is 2.18. The van der Waals surface area contributed by atoms with Crippen molar-refractivity contribution in [3.8, 4) is 0 Å². The first-order valence-electron chi connectivity index (χ1n) is 5.40. The predicted octanol–water partition coefficient (Wildman–Crippen LogP) is 1.31. The van der Waals surface area contributed by atoms with Gasteiger partial charge in [0, 0.05) is 13.2 Å². The molecule has 4 nitrogen and oxygen atoms in total. The van der Waals surface area contributed by atoms with Crippen LogP contribution in [0.25, 0.3) is 0 Å². The van der Waals surface area contributed by atoms with Gasteiger partial charge in [-0.1, -0.05) is 18.2 Å². The maximum atomic E-state index is 13.5. The molecule has 1 aromatic heterocycles. The molecule has 0 aliphatic carbocycles. The van der Waals surface area contributed by atoms with Gasteiger partial charge in [0.1, 0.15) is 5.82 Å². The Hall–Kier alpha value is -1.72. The maximum Gasteiger partial charge on any atom is 0.126 e. The SMILES string of the molecule is Cn1nccc1C(Cc1ccccc1F)NN. The van der Waals surface area contributed by atoms with Crippen molar-refractivity contribution in [1.82, 2.24) is 15.2 Å². The van der Waals surface area contributed by atoms with Crippen LogP contribution in [0, 0.1) is 5.82 Å². The Morgan fingerprint density at radius 1 is 1.41 bits per heavy atom. The standard InChI is InChI=1S/C12H15FN4/c1-17-12(6-7-15-17)11(16-14)8-9-4-2-3-5-10(9)13/h2-7,11,16H,8,14H2,1H3. The Labute approximate surface area is 99.2 Å². The molecule has 3 N–H and O–H groups in total.